The second kappa shape index (κ2) is 5.09. The van der Waals surface area contributed by atoms with Gasteiger partial charge in [-0.2, -0.15) is 9.61 Å². The lowest BCUT2D eigenvalue weighted by molar-refractivity contribution is 0.721. The van der Waals surface area contributed by atoms with Crippen LogP contribution in [0.1, 0.15) is 25.6 Å². The number of aromatic nitrogens is 4. The van der Waals surface area contributed by atoms with Crippen molar-refractivity contribution < 1.29 is 0 Å². The van der Waals surface area contributed by atoms with Crippen LogP contribution in [0, 0.1) is 0 Å². The van der Waals surface area contributed by atoms with Gasteiger partial charge in [-0.05, 0) is 12.1 Å². The van der Waals surface area contributed by atoms with Gasteiger partial charge in [0.1, 0.15) is 0 Å². The number of halogens is 1. The first kappa shape index (κ1) is 12.9. The lowest BCUT2D eigenvalue weighted by atomic mass is 10.2. The zero-order valence-corrected chi connectivity index (χ0v) is 12.0. The van der Waals surface area contributed by atoms with Gasteiger partial charge in [0.25, 0.3) is 0 Å². The monoisotopic (exact) mass is 287 g/mol. The summed E-state index contributed by atoms with van der Waals surface area (Å²) in [7, 11) is 0. The number of para-hydroxylation sites is 1. The molecule has 0 amide bonds. The van der Waals surface area contributed by atoms with Crippen molar-refractivity contribution >= 4 is 28.6 Å². The second-order valence-corrected chi connectivity index (χ2v) is 5.21. The quantitative estimate of drug-likeness (QED) is 0.799. The Morgan fingerprint density at radius 2 is 1.90 bits per heavy atom. The summed E-state index contributed by atoms with van der Waals surface area (Å²) in [6.45, 7) is 4.09. The molecule has 0 saturated carbocycles. The predicted octanol–water partition coefficient (Wildman–Crippen LogP) is 3.64. The summed E-state index contributed by atoms with van der Waals surface area (Å²) in [5, 5.41) is 16.4. The van der Waals surface area contributed by atoms with Crippen LogP contribution in [0.15, 0.2) is 36.4 Å². The van der Waals surface area contributed by atoms with Gasteiger partial charge in [0.15, 0.2) is 11.0 Å². The molecule has 0 aliphatic heterocycles. The number of benzene rings is 1. The third-order valence-corrected chi connectivity index (χ3v) is 3.12. The normalized spacial score (nSPS) is 11.2. The lowest BCUT2D eigenvalue weighted by Crippen LogP contribution is -2.03. The molecule has 0 unspecified atom stereocenters. The molecule has 0 fully saturated rings. The van der Waals surface area contributed by atoms with Gasteiger partial charge in [-0.1, -0.05) is 43.6 Å². The predicted molar refractivity (Wildman–Crippen MR) is 79.6 cm³/mol. The van der Waals surface area contributed by atoms with Gasteiger partial charge in [0, 0.05) is 17.7 Å². The Balaban J connectivity index is 2.11. The van der Waals surface area contributed by atoms with Crippen LogP contribution < -0.4 is 5.32 Å². The number of fused-ring (bicyclic) bond motifs is 1. The van der Waals surface area contributed by atoms with E-state index in [9.17, 15) is 0 Å². The van der Waals surface area contributed by atoms with Crippen LogP contribution in [-0.4, -0.2) is 19.8 Å². The minimum atomic E-state index is 0.223. The van der Waals surface area contributed by atoms with E-state index in [1.807, 2.05) is 44.2 Å². The minimum absolute atomic E-state index is 0.223. The number of nitrogens with one attached hydrogen (secondary N) is 1. The average molecular weight is 288 g/mol. The fourth-order valence-electron chi connectivity index (χ4n) is 2.00. The Morgan fingerprint density at radius 3 is 2.60 bits per heavy atom. The molecule has 0 aliphatic carbocycles. The van der Waals surface area contributed by atoms with Crippen molar-refractivity contribution in [2.24, 2.45) is 0 Å². The topological polar surface area (TPSA) is 55.1 Å². The van der Waals surface area contributed by atoms with Gasteiger partial charge < -0.3 is 5.32 Å². The summed E-state index contributed by atoms with van der Waals surface area (Å²) in [5.41, 5.74) is 2.42. The van der Waals surface area contributed by atoms with E-state index in [0.717, 1.165) is 17.2 Å². The highest BCUT2D eigenvalue weighted by Gasteiger charge is 2.14. The molecular formula is C14H14ClN5. The minimum Gasteiger partial charge on any atom is -0.352 e. The zero-order chi connectivity index (χ0) is 14.1. The standard InChI is InChI=1S/C14H14ClN5/c1-9(2)13-17-18-14-11(8-12(15)19-20(13)14)16-10-6-4-3-5-7-10/h3-9,16H,1-2H3. The summed E-state index contributed by atoms with van der Waals surface area (Å²) >= 11 is 6.10. The van der Waals surface area contributed by atoms with Crippen LogP contribution in [0.4, 0.5) is 11.4 Å². The maximum Gasteiger partial charge on any atom is 0.201 e. The fraction of sp³-hybridized carbons (Fsp3) is 0.214. The molecule has 0 bridgehead atoms. The molecule has 102 valence electrons. The molecule has 20 heavy (non-hydrogen) atoms. The molecule has 5 nitrogen and oxygen atoms in total. The van der Waals surface area contributed by atoms with Crippen molar-refractivity contribution in [2.45, 2.75) is 19.8 Å². The number of rotatable bonds is 3. The van der Waals surface area contributed by atoms with Gasteiger partial charge in [-0.15, -0.1) is 10.2 Å². The van der Waals surface area contributed by atoms with Crippen molar-refractivity contribution in [2.75, 3.05) is 5.32 Å². The number of nitrogens with zero attached hydrogens (tertiary/aromatic N) is 4. The highest BCUT2D eigenvalue weighted by atomic mass is 35.5. The summed E-state index contributed by atoms with van der Waals surface area (Å²) in [6, 6.07) is 11.6. The second-order valence-electron chi connectivity index (χ2n) is 4.82. The van der Waals surface area contributed by atoms with Crippen LogP contribution in [0.2, 0.25) is 5.15 Å². The van der Waals surface area contributed by atoms with Gasteiger partial charge in [0.2, 0.25) is 5.65 Å². The molecule has 0 radical (unpaired) electrons. The Hall–Kier alpha value is -2.14. The molecule has 1 aromatic carbocycles. The first-order valence-corrected chi connectivity index (χ1v) is 6.77. The number of hydrogen-bond acceptors (Lipinski definition) is 4. The molecule has 0 spiro atoms. The van der Waals surface area contributed by atoms with Crippen molar-refractivity contribution in [3.63, 3.8) is 0 Å². The van der Waals surface area contributed by atoms with Crippen molar-refractivity contribution in [1.82, 2.24) is 19.8 Å². The molecule has 0 saturated heterocycles. The van der Waals surface area contributed by atoms with Crippen LogP contribution in [0.5, 0.6) is 0 Å². The summed E-state index contributed by atoms with van der Waals surface area (Å²) in [5.74, 6) is 1.01. The SMILES string of the molecule is CC(C)c1nnc2c(Nc3ccccc3)cc(Cl)nn12. The van der Waals surface area contributed by atoms with E-state index in [1.165, 1.54) is 0 Å². The first-order valence-electron chi connectivity index (χ1n) is 6.39. The smallest absolute Gasteiger partial charge is 0.201 e. The van der Waals surface area contributed by atoms with Crippen LogP contribution in [-0.2, 0) is 0 Å². The molecule has 2 aromatic heterocycles. The summed E-state index contributed by atoms with van der Waals surface area (Å²) < 4.78 is 1.69. The van der Waals surface area contributed by atoms with Crippen molar-refractivity contribution in [3.05, 3.63) is 47.4 Å². The van der Waals surface area contributed by atoms with Crippen LogP contribution >= 0.6 is 11.6 Å². The first-order chi connectivity index (χ1) is 9.65. The van der Waals surface area contributed by atoms with Gasteiger partial charge in [-0.3, -0.25) is 0 Å². The molecule has 3 rings (SSSR count). The lowest BCUT2D eigenvalue weighted by Gasteiger charge is -2.08. The molecule has 0 atom stereocenters. The largest absolute Gasteiger partial charge is 0.352 e. The third kappa shape index (κ3) is 2.32. The highest BCUT2D eigenvalue weighted by Crippen LogP contribution is 2.24. The fourth-order valence-corrected chi connectivity index (χ4v) is 2.18. The Kier molecular flexibility index (Phi) is 3.28. The average Bonchev–Trinajstić information content (AvgIpc) is 2.83. The molecule has 1 N–H and O–H groups in total. The van der Waals surface area contributed by atoms with E-state index < -0.39 is 0 Å². The zero-order valence-electron chi connectivity index (χ0n) is 11.2. The summed E-state index contributed by atoms with van der Waals surface area (Å²) in [6.07, 6.45) is 0. The van der Waals surface area contributed by atoms with E-state index in [0.29, 0.717) is 10.8 Å². The maximum absolute atomic E-state index is 6.10. The Bertz CT molecular complexity index is 736. The van der Waals surface area contributed by atoms with Gasteiger partial charge >= 0.3 is 0 Å². The van der Waals surface area contributed by atoms with Gasteiger partial charge in [0.05, 0.1) is 5.69 Å². The van der Waals surface area contributed by atoms with E-state index in [1.54, 1.807) is 10.6 Å². The van der Waals surface area contributed by atoms with E-state index in [4.69, 9.17) is 11.6 Å². The highest BCUT2D eigenvalue weighted by molar-refractivity contribution is 6.29. The third-order valence-electron chi connectivity index (χ3n) is 2.93. The molecule has 3 aromatic rings. The van der Waals surface area contributed by atoms with E-state index in [-0.39, 0.29) is 5.92 Å². The maximum atomic E-state index is 6.10. The Labute approximate surface area is 121 Å². The molecule has 2 heterocycles. The summed E-state index contributed by atoms with van der Waals surface area (Å²) in [4.78, 5) is 0. The Morgan fingerprint density at radius 1 is 1.15 bits per heavy atom. The van der Waals surface area contributed by atoms with Crippen molar-refractivity contribution in [1.29, 1.82) is 0 Å². The van der Waals surface area contributed by atoms with Crippen molar-refractivity contribution in [3.8, 4) is 0 Å². The van der Waals surface area contributed by atoms with E-state index in [2.05, 4.69) is 20.6 Å². The number of hydrogen-bond donors (Lipinski definition) is 1. The molecule has 6 heteroatoms. The molecular weight excluding hydrogens is 274 g/mol. The molecule has 0 aliphatic rings. The van der Waals surface area contributed by atoms with Crippen LogP contribution in [0.3, 0.4) is 0 Å². The van der Waals surface area contributed by atoms with E-state index >= 15 is 0 Å². The van der Waals surface area contributed by atoms with Crippen LogP contribution in [0.25, 0.3) is 5.65 Å². The number of anilines is 2. The van der Waals surface area contributed by atoms with Gasteiger partial charge in [-0.25, -0.2) is 0 Å².